The zero-order valence-electron chi connectivity index (χ0n) is 32.0. The highest BCUT2D eigenvalue weighted by molar-refractivity contribution is 6.25. The number of benzene rings is 10. The van der Waals surface area contributed by atoms with Crippen molar-refractivity contribution in [3.63, 3.8) is 0 Å². The van der Waals surface area contributed by atoms with Crippen LogP contribution in [0.5, 0.6) is 0 Å². The molecular formula is C57H34N2. The molecule has 0 amide bonds. The number of para-hydroxylation sites is 1. The van der Waals surface area contributed by atoms with Gasteiger partial charge in [0.15, 0.2) is 0 Å². The van der Waals surface area contributed by atoms with Crippen LogP contribution in [0.4, 0.5) is 17.1 Å². The lowest BCUT2D eigenvalue weighted by Crippen LogP contribution is -2.10. The lowest BCUT2D eigenvalue weighted by Gasteiger charge is -2.26. The van der Waals surface area contributed by atoms with Gasteiger partial charge in [0, 0.05) is 17.6 Å². The van der Waals surface area contributed by atoms with Crippen LogP contribution in [0.1, 0.15) is 0 Å². The Morgan fingerprint density at radius 3 is 1.36 bits per heavy atom. The number of fused-ring (bicyclic) bond motifs is 10. The lowest BCUT2D eigenvalue weighted by atomic mass is 9.89. The Bertz CT molecular complexity index is 3320. The molecule has 11 aromatic rings. The summed E-state index contributed by atoms with van der Waals surface area (Å²) < 4.78 is 0. The predicted octanol–water partition coefficient (Wildman–Crippen LogP) is 15.8. The maximum absolute atomic E-state index is 4.59. The fraction of sp³-hybridized carbons (Fsp3) is 0. The van der Waals surface area contributed by atoms with Crippen molar-refractivity contribution in [1.29, 1.82) is 0 Å². The van der Waals surface area contributed by atoms with E-state index >= 15 is 0 Å². The molecule has 13 rings (SSSR count). The molecule has 0 bridgehead atoms. The summed E-state index contributed by atoms with van der Waals surface area (Å²) in [7, 11) is 0. The van der Waals surface area contributed by atoms with E-state index < -0.39 is 0 Å². The molecule has 0 fully saturated rings. The van der Waals surface area contributed by atoms with Crippen molar-refractivity contribution in [2.75, 3.05) is 4.90 Å². The van der Waals surface area contributed by atoms with Crippen LogP contribution in [0.2, 0.25) is 0 Å². The van der Waals surface area contributed by atoms with Gasteiger partial charge >= 0.3 is 0 Å². The van der Waals surface area contributed by atoms with E-state index in [1.165, 1.54) is 110 Å². The summed E-state index contributed by atoms with van der Waals surface area (Å²) in [4.78, 5) is 6.93. The Kier molecular flexibility index (Phi) is 6.76. The number of nitrogens with zero attached hydrogens (tertiary/aromatic N) is 2. The van der Waals surface area contributed by atoms with Crippen LogP contribution in [0, 0.1) is 0 Å². The maximum Gasteiger partial charge on any atom is 0.0644 e. The molecule has 0 atom stereocenters. The fourth-order valence-electron chi connectivity index (χ4n) is 10.3. The van der Waals surface area contributed by atoms with E-state index in [4.69, 9.17) is 0 Å². The van der Waals surface area contributed by atoms with Crippen molar-refractivity contribution in [2.24, 2.45) is 0 Å². The molecule has 59 heavy (non-hydrogen) atoms. The second-order valence-corrected chi connectivity index (χ2v) is 15.8. The quantitative estimate of drug-likeness (QED) is 0.174. The summed E-state index contributed by atoms with van der Waals surface area (Å²) in [5, 5.41) is 10.3. The highest BCUT2D eigenvalue weighted by atomic mass is 15.1. The number of hydrogen-bond acceptors (Lipinski definition) is 2. The van der Waals surface area contributed by atoms with Crippen LogP contribution in [0.15, 0.2) is 207 Å². The lowest BCUT2D eigenvalue weighted by molar-refractivity contribution is 1.23. The minimum absolute atomic E-state index is 1.01. The number of hydrogen-bond donors (Lipinski definition) is 0. The highest BCUT2D eigenvalue weighted by Gasteiger charge is 2.27. The Hall–Kier alpha value is -7.81. The van der Waals surface area contributed by atoms with Gasteiger partial charge in [-0.3, -0.25) is 4.98 Å². The third-order valence-electron chi connectivity index (χ3n) is 12.8. The molecule has 1 aromatic heterocycles. The minimum atomic E-state index is 1.01. The van der Waals surface area contributed by atoms with Crippen molar-refractivity contribution in [2.45, 2.75) is 0 Å². The van der Waals surface area contributed by atoms with Gasteiger partial charge in [-0.1, -0.05) is 152 Å². The van der Waals surface area contributed by atoms with Gasteiger partial charge in [0.25, 0.3) is 0 Å². The summed E-state index contributed by atoms with van der Waals surface area (Å²) in [6.45, 7) is 0. The topological polar surface area (TPSA) is 16.1 Å². The normalized spacial score (nSPS) is 12.1. The van der Waals surface area contributed by atoms with Crippen LogP contribution in [-0.2, 0) is 0 Å². The highest BCUT2D eigenvalue weighted by Crippen LogP contribution is 2.54. The van der Waals surface area contributed by atoms with Gasteiger partial charge in [0.2, 0.25) is 0 Å². The van der Waals surface area contributed by atoms with E-state index in [1.807, 2.05) is 18.5 Å². The Labute approximate surface area is 341 Å². The summed E-state index contributed by atoms with van der Waals surface area (Å²) in [5.41, 5.74) is 18.5. The number of aromatic nitrogens is 1. The summed E-state index contributed by atoms with van der Waals surface area (Å²) in [6, 6.07) is 71.8. The maximum atomic E-state index is 4.59. The van der Waals surface area contributed by atoms with E-state index in [0.29, 0.717) is 0 Å². The molecule has 1 heterocycles. The molecule has 2 heteroatoms. The van der Waals surface area contributed by atoms with Crippen molar-refractivity contribution < 1.29 is 0 Å². The first-order chi connectivity index (χ1) is 29.3. The zero-order valence-corrected chi connectivity index (χ0v) is 32.0. The first-order valence-electron chi connectivity index (χ1n) is 20.4. The Balaban J connectivity index is 1.08. The molecule has 0 spiro atoms. The number of rotatable bonds is 5. The zero-order chi connectivity index (χ0) is 38.6. The molecule has 2 aliphatic rings. The Morgan fingerprint density at radius 1 is 0.305 bits per heavy atom. The van der Waals surface area contributed by atoms with Crippen LogP contribution in [0.3, 0.4) is 0 Å². The molecular weight excluding hydrogens is 713 g/mol. The van der Waals surface area contributed by atoms with Gasteiger partial charge < -0.3 is 4.90 Å². The molecule has 0 unspecified atom stereocenters. The van der Waals surface area contributed by atoms with Gasteiger partial charge in [-0.25, -0.2) is 0 Å². The molecule has 272 valence electrons. The molecule has 0 aliphatic heterocycles. The first kappa shape index (κ1) is 32.3. The second-order valence-electron chi connectivity index (χ2n) is 15.8. The van der Waals surface area contributed by atoms with Gasteiger partial charge in [-0.2, -0.15) is 0 Å². The van der Waals surface area contributed by atoms with E-state index in [2.05, 4.69) is 198 Å². The largest absolute Gasteiger partial charge is 0.309 e. The monoisotopic (exact) mass is 746 g/mol. The fourth-order valence-corrected chi connectivity index (χ4v) is 10.3. The van der Waals surface area contributed by atoms with Crippen LogP contribution >= 0.6 is 0 Å². The van der Waals surface area contributed by atoms with E-state index in [0.717, 1.165) is 17.1 Å². The average Bonchev–Trinajstić information content (AvgIpc) is 3.82. The van der Waals surface area contributed by atoms with Crippen molar-refractivity contribution in [1.82, 2.24) is 4.98 Å². The Morgan fingerprint density at radius 2 is 0.797 bits per heavy atom. The first-order valence-corrected chi connectivity index (χ1v) is 20.4. The standard InChI is InChI=1S/C57H34N2/c1-2-13-39(14-3-1)59(40-15-10-30-58-34-40)41-32-37(42-26-28-52-54-44-16-6-4-11-35(44)22-24-50(54)48-20-8-18-46(42)56(48)52)31-38(33-41)43-27-29-53-55-45-17-7-5-12-36(45)23-25-51(55)49-21-9-19-47(43)57(49)53/h1-34H. The minimum Gasteiger partial charge on any atom is -0.309 e. The third kappa shape index (κ3) is 4.66. The summed E-state index contributed by atoms with van der Waals surface area (Å²) in [5.74, 6) is 0. The van der Waals surface area contributed by atoms with Gasteiger partial charge in [-0.05, 0) is 152 Å². The van der Waals surface area contributed by atoms with Gasteiger partial charge in [0.05, 0.1) is 11.9 Å². The van der Waals surface area contributed by atoms with E-state index in [-0.39, 0.29) is 0 Å². The molecule has 2 nitrogen and oxygen atoms in total. The molecule has 0 saturated heterocycles. The molecule has 0 saturated carbocycles. The average molecular weight is 747 g/mol. The molecule has 0 N–H and O–H groups in total. The smallest absolute Gasteiger partial charge is 0.0644 e. The van der Waals surface area contributed by atoms with Crippen LogP contribution in [-0.4, -0.2) is 4.98 Å². The van der Waals surface area contributed by atoms with Gasteiger partial charge in [0.1, 0.15) is 0 Å². The van der Waals surface area contributed by atoms with E-state index in [9.17, 15) is 0 Å². The van der Waals surface area contributed by atoms with Crippen molar-refractivity contribution >= 4 is 60.2 Å². The predicted molar refractivity (Wildman–Crippen MR) is 249 cm³/mol. The van der Waals surface area contributed by atoms with Crippen molar-refractivity contribution in [3.8, 4) is 66.8 Å². The SMILES string of the molecule is c1ccc(N(c2cccnc2)c2cc(-c3ccc4c5c(cccc35)-c3ccc5ccccc5c3-4)cc(-c3ccc4c5c(cccc35)-c3ccc5ccccc5c3-4)c2)cc1. The van der Waals surface area contributed by atoms with E-state index in [1.54, 1.807) is 0 Å². The second kappa shape index (κ2) is 12.3. The third-order valence-corrected chi connectivity index (χ3v) is 12.8. The summed E-state index contributed by atoms with van der Waals surface area (Å²) >= 11 is 0. The molecule has 10 aromatic carbocycles. The van der Waals surface area contributed by atoms with Gasteiger partial charge in [-0.15, -0.1) is 0 Å². The molecule has 0 radical (unpaired) electrons. The summed E-state index contributed by atoms with van der Waals surface area (Å²) in [6.07, 6.45) is 3.80. The van der Waals surface area contributed by atoms with Crippen molar-refractivity contribution in [3.05, 3.63) is 207 Å². The number of anilines is 3. The van der Waals surface area contributed by atoms with Crippen LogP contribution < -0.4 is 4.90 Å². The molecule has 2 aliphatic carbocycles. The van der Waals surface area contributed by atoms with Crippen LogP contribution in [0.25, 0.3) is 110 Å². The number of pyridine rings is 1.